The molecular weight excluding hydrogens is 220 g/mol. The van der Waals surface area contributed by atoms with Gasteiger partial charge in [0.1, 0.15) is 0 Å². The number of aliphatic carboxylic acids is 1. The third kappa shape index (κ3) is 4.00. The molecule has 1 rings (SSSR count). The Labute approximate surface area is 102 Å². The molecule has 5 nitrogen and oxygen atoms in total. The molecule has 2 N–H and O–H groups in total. The van der Waals surface area contributed by atoms with Crippen LogP contribution in [0.25, 0.3) is 0 Å². The molecule has 0 heterocycles. The Kier molecular flexibility index (Phi) is 5.41. The lowest BCUT2D eigenvalue weighted by molar-refractivity contribution is -0.136. The fourth-order valence-corrected chi connectivity index (χ4v) is 2.63. The number of carbonyl (C=O) groups is 2. The first kappa shape index (κ1) is 14.0. The van der Waals surface area contributed by atoms with E-state index in [-0.39, 0.29) is 24.5 Å². The molecule has 0 aromatic heterocycles. The summed E-state index contributed by atoms with van der Waals surface area (Å²) in [6, 6.07) is 0.259. The zero-order valence-corrected chi connectivity index (χ0v) is 10.6. The van der Waals surface area contributed by atoms with Crippen LogP contribution in [-0.4, -0.2) is 47.1 Å². The molecule has 1 fully saturated rings. The van der Waals surface area contributed by atoms with Crippen LogP contribution in [0.15, 0.2) is 0 Å². The van der Waals surface area contributed by atoms with Crippen molar-refractivity contribution in [3.8, 4) is 0 Å². The fourth-order valence-electron chi connectivity index (χ4n) is 2.63. The van der Waals surface area contributed by atoms with Gasteiger partial charge in [-0.25, -0.2) is 0 Å². The average Bonchev–Trinajstić information content (AvgIpc) is 2.28. The van der Waals surface area contributed by atoms with Crippen molar-refractivity contribution in [1.29, 1.82) is 0 Å². The standard InChI is InChI=1S/C12H22N2O3/c1-3-14(9(2)15)11-7-5-4-6-10(11)13-8-12(16)17/h10-11,13H,3-8H2,1-2H3,(H,16,17)/t10-,11-/m0/s1. The Morgan fingerprint density at radius 2 is 2.00 bits per heavy atom. The summed E-state index contributed by atoms with van der Waals surface area (Å²) in [4.78, 5) is 24.0. The quantitative estimate of drug-likeness (QED) is 0.749. The van der Waals surface area contributed by atoms with Gasteiger partial charge in [0.05, 0.1) is 6.54 Å². The minimum absolute atomic E-state index is 0.0311. The van der Waals surface area contributed by atoms with Gasteiger partial charge >= 0.3 is 5.97 Å². The normalized spacial score (nSPS) is 24.4. The first-order valence-electron chi connectivity index (χ1n) is 6.28. The molecule has 1 aliphatic rings. The van der Waals surface area contributed by atoms with Crippen LogP contribution >= 0.6 is 0 Å². The molecule has 0 radical (unpaired) electrons. The van der Waals surface area contributed by atoms with E-state index in [1.807, 2.05) is 11.8 Å². The van der Waals surface area contributed by atoms with E-state index in [2.05, 4.69) is 5.32 Å². The Bertz CT molecular complexity index is 281. The smallest absolute Gasteiger partial charge is 0.317 e. The topological polar surface area (TPSA) is 69.6 Å². The molecule has 0 aliphatic heterocycles. The minimum atomic E-state index is -0.847. The SMILES string of the molecule is CCN(C(C)=O)[C@H]1CCCC[C@@H]1NCC(=O)O. The summed E-state index contributed by atoms with van der Waals surface area (Å²) in [5.41, 5.74) is 0. The molecule has 1 amide bonds. The van der Waals surface area contributed by atoms with E-state index >= 15 is 0 Å². The van der Waals surface area contributed by atoms with Crippen LogP contribution in [0, 0.1) is 0 Å². The monoisotopic (exact) mass is 242 g/mol. The van der Waals surface area contributed by atoms with Crippen LogP contribution in [-0.2, 0) is 9.59 Å². The zero-order valence-electron chi connectivity index (χ0n) is 10.6. The lowest BCUT2D eigenvalue weighted by atomic mass is 9.89. The highest BCUT2D eigenvalue weighted by molar-refractivity contribution is 5.73. The van der Waals surface area contributed by atoms with Crippen LogP contribution in [0.3, 0.4) is 0 Å². The number of carboxylic acids is 1. The van der Waals surface area contributed by atoms with Gasteiger partial charge in [0.25, 0.3) is 0 Å². The molecule has 98 valence electrons. The fraction of sp³-hybridized carbons (Fsp3) is 0.833. The Hall–Kier alpha value is -1.10. The number of hydrogen-bond acceptors (Lipinski definition) is 3. The number of likely N-dealkylation sites (N-methyl/N-ethyl adjacent to an activating group) is 1. The average molecular weight is 242 g/mol. The highest BCUT2D eigenvalue weighted by Crippen LogP contribution is 2.23. The van der Waals surface area contributed by atoms with E-state index < -0.39 is 5.97 Å². The minimum Gasteiger partial charge on any atom is -0.480 e. The van der Waals surface area contributed by atoms with Gasteiger partial charge in [-0.05, 0) is 19.8 Å². The molecular formula is C12H22N2O3. The van der Waals surface area contributed by atoms with Gasteiger partial charge in [0, 0.05) is 25.6 Å². The maximum atomic E-state index is 11.5. The summed E-state index contributed by atoms with van der Waals surface area (Å²) < 4.78 is 0. The second-order valence-electron chi connectivity index (χ2n) is 4.54. The Morgan fingerprint density at radius 1 is 1.35 bits per heavy atom. The van der Waals surface area contributed by atoms with Crippen molar-refractivity contribution in [2.24, 2.45) is 0 Å². The van der Waals surface area contributed by atoms with Crippen molar-refractivity contribution in [1.82, 2.24) is 10.2 Å². The summed E-state index contributed by atoms with van der Waals surface area (Å²) in [6.45, 7) is 4.19. The first-order chi connectivity index (χ1) is 8.06. The number of rotatable bonds is 5. The molecule has 0 aromatic rings. The molecule has 0 spiro atoms. The highest BCUT2D eigenvalue weighted by atomic mass is 16.4. The van der Waals surface area contributed by atoms with Crippen molar-refractivity contribution < 1.29 is 14.7 Å². The zero-order chi connectivity index (χ0) is 12.8. The predicted octanol–water partition coefficient (Wildman–Crippen LogP) is 0.840. The molecule has 1 aliphatic carbocycles. The van der Waals surface area contributed by atoms with E-state index in [0.717, 1.165) is 25.7 Å². The Morgan fingerprint density at radius 3 is 2.53 bits per heavy atom. The molecule has 5 heteroatoms. The van der Waals surface area contributed by atoms with Crippen LogP contribution in [0.2, 0.25) is 0 Å². The van der Waals surface area contributed by atoms with E-state index in [4.69, 9.17) is 5.11 Å². The van der Waals surface area contributed by atoms with Gasteiger partial charge in [-0.2, -0.15) is 0 Å². The second kappa shape index (κ2) is 6.59. The van der Waals surface area contributed by atoms with Gasteiger partial charge in [-0.3, -0.25) is 9.59 Å². The van der Waals surface area contributed by atoms with Gasteiger partial charge in [0.2, 0.25) is 5.91 Å². The largest absolute Gasteiger partial charge is 0.480 e. The van der Waals surface area contributed by atoms with Crippen molar-refractivity contribution in [2.45, 2.75) is 51.6 Å². The van der Waals surface area contributed by atoms with Crippen LogP contribution in [0.5, 0.6) is 0 Å². The second-order valence-corrected chi connectivity index (χ2v) is 4.54. The van der Waals surface area contributed by atoms with Crippen LogP contribution in [0.1, 0.15) is 39.5 Å². The van der Waals surface area contributed by atoms with E-state index in [9.17, 15) is 9.59 Å². The van der Waals surface area contributed by atoms with Crippen molar-refractivity contribution in [2.75, 3.05) is 13.1 Å². The molecule has 2 atom stereocenters. The van der Waals surface area contributed by atoms with Crippen molar-refractivity contribution in [3.63, 3.8) is 0 Å². The van der Waals surface area contributed by atoms with E-state index in [1.165, 1.54) is 0 Å². The first-order valence-corrected chi connectivity index (χ1v) is 6.28. The lowest BCUT2D eigenvalue weighted by Crippen LogP contribution is -2.54. The summed E-state index contributed by atoms with van der Waals surface area (Å²) in [6.07, 6.45) is 4.12. The molecule has 0 unspecified atom stereocenters. The summed E-state index contributed by atoms with van der Waals surface area (Å²) in [5, 5.41) is 11.7. The third-order valence-corrected chi connectivity index (χ3v) is 3.39. The van der Waals surface area contributed by atoms with Gasteiger partial charge < -0.3 is 15.3 Å². The predicted molar refractivity (Wildman–Crippen MR) is 64.7 cm³/mol. The van der Waals surface area contributed by atoms with E-state index in [0.29, 0.717) is 6.54 Å². The van der Waals surface area contributed by atoms with Gasteiger partial charge in [-0.15, -0.1) is 0 Å². The molecule has 17 heavy (non-hydrogen) atoms. The maximum Gasteiger partial charge on any atom is 0.317 e. The van der Waals surface area contributed by atoms with Crippen LogP contribution < -0.4 is 5.32 Å². The molecule has 0 aromatic carbocycles. The van der Waals surface area contributed by atoms with Gasteiger partial charge in [0.15, 0.2) is 0 Å². The van der Waals surface area contributed by atoms with Gasteiger partial charge in [-0.1, -0.05) is 12.8 Å². The Balaban J connectivity index is 2.63. The number of carbonyl (C=O) groups excluding carboxylic acids is 1. The van der Waals surface area contributed by atoms with Crippen LogP contribution in [0.4, 0.5) is 0 Å². The third-order valence-electron chi connectivity index (χ3n) is 3.39. The number of amides is 1. The maximum absolute atomic E-state index is 11.5. The van der Waals surface area contributed by atoms with E-state index in [1.54, 1.807) is 6.92 Å². The van der Waals surface area contributed by atoms with Crippen molar-refractivity contribution >= 4 is 11.9 Å². The molecule has 0 bridgehead atoms. The summed E-state index contributed by atoms with van der Waals surface area (Å²) in [7, 11) is 0. The molecule has 0 saturated heterocycles. The molecule has 1 saturated carbocycles. The summed E-state index contributed by atoms with van der Waals surface area (Å²) in [5.74, 6) is -0.776. The highest BCUT2D eigenvalue weighted by Gasteiger charge is 2.30. The van der Waals surface area contributed by atoms with Crippen molar-refractivity contribution in [3.05, 3.63) is 0 Å². The number of carboxylic acid groups (broad SMARTS) is 1. The summed E-state index contributed by atoms with van der Waals surface area (Å²) >= 11 is 0. The lowest BCUT2D eigenvalue weighted by Gasteiger charge is -2.39. The number of nitrogens with one attached hydrogen (secondary N) is 1. The number of hydrogen-bond donors (Lipinski definition) is 2. The number of nitrogens with zero attached hydrogens (tertiary/aromatic N) is 1.